The van der Waals surface area contributed by atoms with Gasteiger partial charge in [-0.15, -0.1) is 0 Å². The monoisotopic (exact) mass is 344 g/mol. The van der Waals surface area contributed by atoms with Crippen molar-refractivity contribution in [2.75, 3.05) is 25.6 Å². The number of ether oxygens (including phenoxy) is 2. The van der Waals surface area contributed by atoms with Crippen molar-refractivity contribution < 1.29 is 19.2 Å². The van der Waals surface area contributed by atoms with Crippen LogP contribution >= 0.6 is 0 Å². The van der Waals surface area contributed by atoms with Gasteiger partial charge in [0.2, 0.25) is 0 Å². The third kappa shape index (κ3) is 4.77. The summed E-state index contributed by atoms with van der Waals surface area (Å²) in [6.45, 7) is 4.70. The van der Waals surface area contributed by atoms with Gasteiger partial charge in [-0.05, 0) is 49.2 Å². The number of benzene rings is 2. The second-order valence-corrected chi connectivity index (χ2v) is 5.54. The lowest BCUT2D eigenvalue weighted by atomic mass is 10.1. The summed E-state index contributed by atoms with van der Waals surface area (Å²) in [5, 5.41) is 14.2. The van der Waals surface area contributed by atoms with E-state index < -0.39 is 10.9 Å². The number of carbonyl (C=O) groups is 1. The van der Waals surface area contributed by atoms with Crippen molar-refractivity contribution in [1.82, 2.24) is 0 Å². The number of methoxy groups -OCH3 is 1. The highest BCUT2D eigenvalue weighted by Crippen LogP contribution is 2.26. The summed E-state index contributed by atoms with van der Waals surface area (Å²) in [5.41, 5.74) is 2.33. The fourth-order valence-electron chi connectivity index (χ4n) is 2.19. The SMILES string of the molecule is COCCNc1ccc(C(=O)Oc2ccc(C)c(C)c2)cc1[N+](=O)[O-]. The number of aryl methyl sites for hydroxylation is 2. The molecule has 0 amide bonds. The quantitative estimate of drug-likeness (QED) is 0.272. The molecule has 0 aliphatic heterocycles. The summed E-state index contributed by atoms with van der Waals surface area (Å²) in [7, 11) is 1.54. The Labute approximate surface area is 145 Å². The predicted octanol–water partition coefficient (Wildman–Crippen LogP) is 3.49. The van der Waals surface area contributed by atoms with Gasteiger partial charge in [-0.25, -0.2) is 4.79 Å². The van der Waals surface area contributed by atoms with Crippen LogP contribution in [0.2, 0.25) is 0 Å². The highest BCUT2D eigenvalue weighted by Gasteiger charge is 2.18. The summed E-state index contributed by atoms with van der Waals surface area (Å²) in [6.07, 6.45) is 0. The number of nitro benzene ring substituents is 1. The molecule has 0 aromatic heterocycles. The van der Waals surface area contributed by atoms with Crippen LogP contribution in [0.1, 0.15) is 21.5 Å². The first-order valence-corrected chi connectivity index (χ1v) is 7.73. The number of esters is 1. The van der Waals surface area contributed by atoms with E-state index in [0.29, 0.717) is 24.6 Å². The van der Waals surface area contributed by atoms with Gasteiger partial charge in [0.1, 0.15) is 11.4 Å². The van der Waals surface area contributed by atoms with Crippen molar-refractivity contribution in [2.45, 2.75) is 13.8 Å². The largest absolute Gasteiger partial charge is 0.423 e. The second kappa shape index (κ2) is 8.25. The molecule has 0 bridgehead atoms. The molecule has 0 heterocycles. The Morgan fingerprint density at radius 1 is 1.16 bits per heavy atom. The molecule has 0 saturated carbocycles. The molecule has 0 aliphatic rings. The lowest BCUT2D eigenvalue weighted by Crippen LogP contribution is -2.12. The van der Waals surface area contributed by atoms with Crippen molar-refractivity contribution in [3.63, 3.8) is 0 Å². The maximum atomic E-state index is 12.3. The van der Waals surface area contributed by atoms with Crippen molar-refractivity contribution in [3.05, 3.63) is 63.2 Å². The number of hydrogen-bond donors (Lipinski definition) is 1. The first-order chi connectivity index (χ1) is 11.9. The first kappa shape index (κ1) is 18.4. The molecule has 2 rings (SSSR count). The van der Waals surface area contributed by atoms with Gasteiger partial charge in [0.25, 0.3) is 5.69 Å². The van der Waals surface area contributed by atoms with Crippen LogP contribution in [-0.4, -0.2) is 31.2 Å². The molecule has 2 aromatic carbocycles. The van der Waals surface area contributed by atoms with E-state index in [1.165, 1.54) is 18.2 Å². The van der Waals surface area contributed by atoms with Crippen molar-refractivity contribution in [1.29, 1.82) is 0 Å². The summed E-state index contributed by atoms with van der Waals surface area (Å²) in [5.74, 6) is -0.243. The summed E-state index contributed by atoms with van der Waals surface area (Å²) < 4.78 is 10.2. The molecule has 0 saturated heterocycles. The maximum Gasteiger partial charge on any atom is 0.343 e. The van der Waals surface area contributed by atoms with Gasteiger partial charge in [-0.3, -0.25) is 10.1 Å². The lowest BCUT2D eigenvalue weighted by molar-refractivity contribution is -0.384. The smallest absolute Gasteiger partial charge is 0.343 e. The van der Waals surface area contributed by atoms with Crippen LogP contribution < -0.4 is 10.1 Å². The molecule has 0 spiro atoms. The highest BCUT2D eigenvalue weighted by molar-refractivity contribution is 5.92. The number of nitro groups is 1. The van der Waals surface area contributed by atoms with E-state index >= 15 is 0 Å². The zero-order valence-electron chi connectivity index (χ0n) is 14.4. The summed E-state index contributed by atoms with van der Waals surface area (Å²) in [6, 6.07) is 9.48. The molecule has 7 heteroatoms. The average Bonchev–Trinajstić information content (AvgIpc) is 2.58. The van der Waals surface area contributed by atoms with Gasteiger partial charge >= 0.3 is 5.97 Å². The molecule has 1 N–H and O–H groups in total. The Kier molecular flexibility index (Phi) is 6.08. The number of nitrogens with one attached hydrogen (secondary N) is 1. The first-order valence-electron chi connectivity index (χ1n) is 7.73. The van der Waals surface area contributed by atoms with Gasteiger partial charge in [-0.1, -0.05) is 6.07 Å². The fraction of sp³-hybridized carbons (Fsp3) is 0.278. The molecule has 0 unspecified atom stereocenters. The van der Waals surface area contributed by atoms with Crippen molar-refractivity contribution in [3.8, 4) is 5.75 Å². The zero-order chi connectivity index (χ0) is 18.4. The average molecular weight is 344 g/mol. The normalized spacial score (nSPS) is 10.4. The van der Waals surface area contributed by atoms with Gasteiger partial charge in [0, 0.05) is 19.7 Å². The molecule has 0 radical (unpaired) electrons. The van der Waals surface area contributed by atoms with Crippen LogP contribution in [0.3, 0.4) is 0 Å². The number of nitrogens with zero attached hydrogens (tertiary/aromatic N) is 1. The third-order valence-electron chi connectivity index (χ3n) is 3.74. The third-order valence-corrected chi connectivity index (χ3v) is 3.74. The van der Waals surface area contributed by atoms with E-state index in [0.717, 1.165) is 11.1 Å². The lowest BCUT2D eigenvalue weighted by Gasteiger charge is -2.09. The van der Waals surface area contributed by atoms with Gasteiger partial charge in [0.05, 0.1) is 17.1 Å². The topological polar surface area (TPSA) is 90.7 Å². The van der Waals surface area contributed by atoms with Crippen LogP contribution in [0.4, 0.5) is 11.4 Å². The Bertz CT molecular complexity index is 789. The van der Waals surface area contributed by atoms with Crippen LogP contribution in [0, 0.1) is 24.0 Å². The fourth-order valence-corrected chi connectivity index (χ4v) is 2.19. The molecule has 2 aromatic rings. The van der Waals surface area contributed by atoms with Crippen LogP contribution in [0.5, 0.6) is 5.75 Å². The van der Waals surface area contributed by atoms with Gasteiger partial charge in [-0.2, -0.15) is 0 Å². The number of carbonyl (C=O) groups excluding carboxylic acids is 1. The predicted molar refractivity (Wildman–Crippen MR) is 94.3 cm³/mol. The number of anilines is 1. The molecule has 0 fully saturated rings. The van der Waals surface area contributed by atoms with E-state index in [-0.39, 0.29) is 11.3 Å². The molecule has 0 atom stereocenters. The molecule has 132 valence electrons. The van der Waals surface area contributed by atoms with Crippen LogP contribution in [0.25, 0.3) is 0 Å². The Hall–Kier alpha value is -2.93. The summed E-state index contributed by atoms with van der Waals surface area (Å²) >= 11 is 0. The highest BCUT2D eigenvalue weighted by atomic mass is 16.6. The van der Waals surface area contributed by atoms with Gasteiger partial charge < -0.3 is 14.8 Å². The van der Waals surface area contributed by atoms with Crippen LogP contribution in [0.15, 0.2) is 36.4 Å². The number of hydrogen-bond acceptors (Lipinski definition) is 6. The Morgan fingerprint density at radius 3 is 2.56 bits per heavy atom. The Balaban J connectivity index is 2.20. The molecule has 0 aliphatic carbocycles. The van der Waals surface area contributed by atoms with Crippen molar-refractivity contribution >= 4 is 17.3 Å². The van der Waals surface area contributed by atoms with E-state index in [2.05, 4.69) is 5.32 Å². The molecule has 25 heavy (non-hydrogen) atoms. The molecule has 7 nitrogen and oxygen atoms in total. The van der Waals surface area contributed by atoms with Gasteiger partial charge in [0.15, 0.2) is 0 Å². The molecular formula is C18H20N2O5. The van der Waals surface area contributed by atoms with E-state index in [1.54, 1.807) is 19.2 Å². The maximum absolute atomic E-state index is 12.3. The minimum Gasteiger partial charge on any atom is -0.423 e. The Morgan fingerprint density at radius 2 is 1.92 bits per heavy atom. The van der Waals surface area contributed by atoms with E-state index in [9.17, 15) is 14.9 Å². The zero-order valence-corrected chi connectivity index (χ0v) is 14.4. The second-order valence-electron chi connectivity index (χ2n) is 5.54. The summed E-state index contributed by atoms with van der Waals surface area (Å²) in [4.78, 5) is 23.0. The minimum absolute atomic E-state index is 0.113. The number of rotatable bonds is 7. The van der Waals surface area contributed by atoms with E-state index in [4.69, 9.17) is 9.47 Å². The molecular weight excluding hydrogens is 324 g/mol. The minimum atomic E-state index is -0.644. The van der Waals surface area contributed by atoms with Crippen LogP contribution in [-0.2, 0) is 4.74 Å². The van der Waals surface area contributed by atoms with Crippen molar-refractivity contribution in [2.24, 2.45) is 0 Å². The standard InChI is InChI=1S/C18H20N2O5/c1-12-4-6-15(10-13(12)2)25-18(21)14-5-7-16(19-8-9-24-3)17(11-14)20(22)23/h4-7,10-11,19H,8-9H2,1-3H3. The van der Waals surface area contributed by atoms with E-state index in [1.807, 2.05) is 19.9 Å².